The van der Waals surface area contributed by atoms with Crippen LogP contribution >= 0.6 is 0 Å². The highest BCUT2D eigenvalue weighted by Crippen LogP contribution is 2.38. The maximum absolute atomic E-state index is 15.3. The zero-order valence-corrected chi connectivity index (χ0v) is 22.6. The first-order chi connectivity index (χ1) is 20.1. The maximum Gasteiger partial charge on any atom is 0.414 e. The summed E-state index contributed by atoms with van der Waals surface area (Å²) in [4.78, 5) is 50.8. The van der Waals surface area contributed by atoms with Gasteiger partial charge in [-0.1, -0.05) is 0 Å². The fourth-order valence-corrected chi connectivity index (χ4v) is 5.48. The molecule has 1 aliphatic carbocycles. The number of fused-ring (bicyclic) bond motifs is 1. The number of anilines is 2. The number of cyclic esters (lactones) is 1. The minimum absolute atomic E-state index is 0.0144. The fourth-order valence-electron chi connectivity index (χ4n) is 5.48. The van der Waals surface area contributed by atoms with Crippen molar-refractivity contribution in [2.24, 2.45) is 0 Å². The Morgan fingerprint density at radius 1 is 1.10 bits per heavy atom. The second-order valence-corrected chi connectivity index (χ2v) is 10.8. The van der Waals surface area contributed by atoms with Gasteiger partial charge in [-0.05, 0) is 37.1 Å². The van der Waals surface area contributed by atoms with Crippen LogP contribution in [-0.4, -0.2) is 66.0 Å². The molecule has 2 amide bonds. The highest BCUT2D eigenvalue weighted by Gasteiger charge is 2.34. The van der Waals surface area contributed by atoms with E-state index in [0.717, 1.165) is 18.9 Å². The van der Waals surface area contributed by atoms with Crippen LogP contribution in [-0.2, 0) is 9.53 Å². The molecule has 2 saturated heterocycles. The molecule has 6 rings (SSSR count). The Balaban J connectivity index is 1.17. The Kier molecular flexibility index (Phi) is 6.95. The van der Waals surface area contributed by atoms with Crippen LogP contribution in [0, 0.1) is 11.6 Å². The van der Waals surface area contributed by atoms with Gasteiger partial charge in [-0.15, -0.1) is 0 Å². The van der Waals surface area contributed by atoms with Gasteiger partial charge in [0, 0.05) is 43.6 Å². The Labute approximate surface area is 238 Å². The van der Waals surface area contributed by atoms with E-state index in [1.807, 2.05) is 0 Å². The summed E-state index contributed by atoms with van der Waals surface area (Å²) in [6.07, 6.45) is 1.83. The molecule has 1 aromatic heterocycles. The maximum atomic E-state index is 15.3. The van der Waals surface area contributed by atoms with E-state index >= 15 is 8.78 Å². The minimum atomic E-state index is -1.35. The Hall–Kier alpha value is -4.68. The number of pyridine rings is 1. The van der Waals surface area contributed by atoms with Crippen LogP contribution in [0.5, 0.6) is 5.75 Å². The van der Waals surface area contributed by atoms with E-state index in [2.05, 4.69) is 5.32 Å². The van der Waals surface area contributed by atoms with Gasteiger partial charge in [0.2, 0.25) is 11.3 Å². The SMILES string of the molecule is CC(=O)NC[C@H]1CN(c2ccc(O[C@@H]3CCN(c4cc5c(cc4F)c(=O)c(C(=O)O)cn5C4CC4)C3)c(F)c2)C(=O)O1. The number of nitrogens with one attached hydrogen (secondary N) is 1. The summed E-state index contributed by atoms with van der Waals surface area (Å²) in [5.74, 6) is -2.96. The molecule has 220 valence electrons. The lowest BCUT2D eigenvalue weighted by Gasteiger charge is -2.22. The first-order valence-corrected chi connectivity index (χ1v) is 13.6. The number of ether oxygens (including phenoxy) is 2. The van der Waals surface area contributed by atoms with Gasteiger partial charge in [0.05, 0.1) is 36.5 Å². The van der Waals surface area contributed by atoms with E-state index in [4.69, 9.17) is 9.47 Å². The molecule has 13 heteroatoms. The van der Waals surface area contributed by atoms with Crippen LogP contribution in [0.3, 0.4) is 0 Å². The van der Waals surface area contributed by atoms with E-state index in [1.54, 1.807) is 21.6 Å². The molecule has 11 nitrogen and oxygen atoms in total. The fraction of sp³-hybridized carbons (Fsp3) is 0.379. The Morgan fingerprint density at radius 3 is 2.57 bits per heavy atom. The molecule has 1 saturated carbocycles. The van der Waals surface area contributed by atoms with Gasteiger partial charge in [0.25, 0.3) is 0 Å². The number of benzene rings is 2. The van der Waals surface area contributed by atoms with Crippen LogP contribution in [0.1, 0.15) is 42.6 Å². The third kappa shape index (κ3) is 5.21. The molecule has 2 atom stereocenters. The highest BCUT2D eigenvalue weighted by molar-refractivity contribution is 5.94. The van der Waals surface area contributed by atoms with Gasteiger partial charge in [-0.2, -0.15) is 0 Å². The lowest BCUT2D eigenvalue weighted by Crippen LogP contribution is -2.33. The summed E-state index contributed by atoms with van der Waals surface area (Å²) in [6, 6.07) is 6.86. The summed E-state index contributed by atoms with van der Waals surface area (Å²) in [6.45, 7) is 2.34. The summed E-state index contributed by atoms with van der Waals surface area (Å²) in [5.41, 5.74) is -0.117. The highest BCUT2D eigenvalue weighted by atomic mass is 19.1. The average molecular weight is 583 g/mol. The first-order valence-electron chi connectivity index (χ1n) is 13.6. The number of carboxylic acid groups (broad SMARTS) is 1. The number of hydrogen-bond donors (Lipinski definition) is 2. The normalized spacial score (nSPS) is 20.2. The Bertz CT molecular complexity index is 1670. The van der Waals surface area contributed by atoms with Crippen molar-refractivity contribution < 1.29 is 37.7 Å². The van der Waals surface area contributed by atoms with Crippen LogP contribution in [0.2, 0.25) is 0 Å². The van der Waals surface area contributed by atoms with Crippen molar-refractivity contribution in [3.05, 3.63) is 63.9 Å². The van der Waals surface area contributed by atoms with E-state index in [1.165, 1.54) is 30.2 Å². The number of aromatic carboxylic acids is 1. The number of hydrogen-bond acceptors (Lipinski definition) is 7. The van der Waals surface area contributed by atoms with Crippen LogP contribution in [0.15, 0.2) is 41.3 Å². The minimum Gasteiger partial charge on any atom is -0.485 e. The molecule has 2 N–H and O–H groups in total. The number of rotatable bonds is 8. The van der Waals surface area contributed by atoms with Gasteiger partial charge in [-0.3, -0.25) is 14.5 Å². The summed E-state index contributed by atoms with van der Waals surface area (Å²) in [5, 5.41) is 12.1. The number of halogens is 2. The van der Waals surface area contributed by atoms with Crippen molar-refractivity contribution in [1.82, 2.24) is 9.88 Å². The summed E-state index contributed by atoms with van der Waals surface area (Å²) >= 11 is 0. The van der Waals surface area contributed by atoms with Gasteiger partial charge in [-0.25, -0.2) is 18.4 Å². The first kappa shape index (κ1) is 27.5. The van der Waals surface area contributed by atoms with Crippen molar-refractivity contribution in [3.8, 4) is 5.75 Å². The van der Waals surface area contributed by atoms with E-state index in [9.17, 15) is 24.3 Å². The smallest absolute Gasteiger partial charge is 0.414 e. The zero-order valence-electron chi connectivity index (χ0n) is 22.6. The molecule has 0 radical (unpaired) electrons. The lowest BCUT2D eigenvalue weighted by molar-refractivity contribution is -0.119. The molecule has 3 aromatic rings. The van der Waals surface area contributed by atoms with E-state index in [-0.39, 0.29) is 54.1 Å². The van der Waals surface area contributed by atoms with Gasteiger partial charge >= 0.3 is 12.1 Å². The third-order valence-corrected chi connectivity index (χ3v) is 7.73. The number of nitrogens with zero attached hydrogens (tertiary/aromatic N) is 3. The monoisotopic (exact) mass is 582 g/mol. The van der Waals surface area contributed by atoms with Crippen LogP contribution in [0.25, 0.3) is 10.9 Å². The van der Waals surface area contributed by atoms with Crippen molar-refractivity contribution in [2.75, 3.05) is 36.0 Å². The second-order valence-electron chi connectivity index (χ2n) is 10.8. The van der Waals surface area contributed by atoms with Crippen molar-refractivity contribution in [3.63, 3.8) is 0 Å². The molecule has 2 aliphatic heterocycles. The van der Waals surface area contributed by atoms with Gasteiger partial charge < -0.3 is 29.4 Å². The molecular weight excluding hydrogens is 554 g/mol. The zero-order chi connectivity index (χ0) is 29.7. The Morgan fingerprint density at radius 2 is 1.88 bits per heavy atom. The summed E-state index contributed by atoms with van der Waals surface area (Å²) in [7, 11) is 0. The molecule has 0 spiro atoms. The molecular formula is C29H28F2N4O7. The predicted octanol–water partition coefficient (Wildman–Crippen LogP) is 3.43. The molecule has 3 heterocycles. The van der Waals surface area contributed by atoms with Crippen LogP contribution in [0.4, 0.5) is 25.0 Å². The van der Waals surface area contributed by atoms with Crippen molar-refractivity contribution in [1.29, 1.82) is 0 Å². The number of aromatic nitrogens is 1. The van der Waals surface area contributed by atoms with Crippen molar-refractivity contribution >= 4 is 40.2 Å². The summed E-state index contributed by atoms with van der Waals surface area (Å²) < 4.78 is 43.2. The number of carboxylic acids is 1. The topological polar surface area (TPSA) is 130 Å². The van der Waals surface area contributed by atoms with E-state index in [0.29, 0.717) is 18.5 Å². The standard InChI is InChI=1S/C29H28F2N4O7/c1-15(36)32-11-19-13-35(29(40)42-19)17-4-5-26(23(31)8-17)41-18-6-7-33(12-18)25-10-24-20(9-22(25)30)27(37)21(28(38)39)14-34(24)16-2-3-16/h4-5,8-10,14,16,18-19H,2-3,6-7,11-13H2,1H3,(H,32,36)(H,38,39)/t18-,19+/m1/s1. The average Bonchev–Trinajstić information content (AvgIpc) is 3.56. The molecule has 0 unspecified atom stereocenters. The molecule has 3 fully saturated rings. The van der Waals surface area contributed by atoms with E-state index < -0.39 is 46.9 Å². The van der Waals surface area contributed by atoms with Gasteiger partial charge in [0.15, 0.2) is 11.6 Å². The molecule has 0 bridgehead atoms. The van der Waals surface area contributed by atoms with Crippen molar-refractivity contribution in [2.45, 2.75) is 44.4 Å². The quantitative estimate of drug-likeness (QED) is 0.413. The molecule has 2 aromatic carbocycles. The number of carbonyl (C=O) groups excluding carboxylic acids is 2. The number of carbonyl (C=O) groups is 3. The molecule has 3 aliphatic rings. The predicted molar refractivity (Wildman–Crippen MR) is 147 cm³/mol. The van der Waals surface area contributed by atoms with Gasteiger partial charge in [0.1, 0.15) is 23.6 Å². The third-order valence-electron chi connectivity index (χ3n) is 7.73. The second kappa shape index (κ2) is 10.6. The lowest BCUT2D eigenvalue weighted by atomic mass is 10.1. The molecule has 42 heavy (non-hydrogen) atoms. The van der Waals surface area contributed by atoms with Crippen LogP contribution < -0.4 is 25.3 Å². The largest absolute Gasteiger partial charge is 0.485 e. The number of amides is 2.